The van der Waals surface area contributed by atoms with Crippen LogP contribution >= 0.6 is 24.2 Å². The van der Waals surface area contributed by atoms with E-state index in [1.807, 2.05) is 29.2 Å². The van der Waals surface area contributed by atoms with E-state index >= 15 is 0 Å². The summed E-state index contributed by atoms with van der Waals surface area (Å²) in [5, 5.41) is 6.56. The van der Waals surface area contributed by atoms with Gasteiger partial charge in [0.2, 0.25) is 5.91 Å². The van der Waals surface area contributed by atoms with E-state index in [4.69, 9.17) is 0 Å². The van der Waals surface area contributed by atoms with E-state index in [2.05, 4.69) is 17.6 Å². The van der Waals surface area contributed by atoms with Gasteiger partial charge in [0, 0.05) is 30.1 Å². The average Bonchev–Trinajstić information content (AvgIpc) is 3.14. The van der Waals surface area contributed by atoms with Crippen LogP contribution in [0.3, 0.4) is 0 Å². The first-order chi connectivity index (χ1) is 12.1. The molecule has 1 aromatic rings. The minimum absolute atomic E-state index is 0. The summed E-state index contributed by atoms with van der Waals surface area (Å²) in [6, 6.07) is 8.23. The molecule has 2 heterocycles. The molecule has 2 N–H and O–H groups in total. The van der Waals surface area contributed by atoms with Gasteiger partial charge in [0.15, 0.2) is 0 Å². The third-order valence-electron chi connectivity index (χ3n) is 4.90. The van der Waals surface area contributed by atoms with Crippen LogP contribution in [0.15, 0.2) is 29.2 Å². The van der Waals surface area contributed by atoms with Crippen LogP contribution in [-0.4, -0.2) is 54.2 Å². The fourth-order valence-electron chi connectivity index (χ4n) is 3.50. The summed E-state index contributed by atoms with van der Waals surface area (Å²) in [6.07, 6.45) is 4.11. The number of nitrogens with one attached hydrogen (secondary N) is 2. The molecule has 0 aliphatic carbocycles. The molecule has 7 heteroatoms. The van der Waals surface area contributed by atoms with E-state index in [9.17, 15) is 9.59 Å². The molecule has 3 rings (SSSR count). The number of carbonyl (C=O) groups excluding carboxylic acids is 2. The van der Waals surface area contributed by atoms with Crippen molar-refractivity contribution in [3.05, 3.63) is 29.8 Å². The lowest BCUT2D eigenvalue weighted by Gasteiger charge is -2.28. The molecule has 2 aliphatic heterocycles. The maximum atomic E-state index is 12.7. The molecule has 2 fully saturated rings. The van der Waals surface area contributed by atoms with Crippen LogP contribution in [0.2, 0.25) is 0 Å². The molecule has 0 aromatic heterocycles. The van der Waals surface area contributed by atoms with E-state index in [1.54, 1.807) is 0 Å². The number of halogens is 1. The number of benzene rings is 1. The van der Waals surface area contributed by atoms with E-state index in [0.29, 0.717) is 17.4 Å². The Morgan fingerprint density at radius 1 is 1.27 bits per heavy atom. The summed E-state index contributed by atoms with van der Waals surface area (Å²) in [6.45, 7) is 4.82. The van der Waals surface area contributed by atoms with Crippen LogP contribution < -0.4 is 10.6 Å². The van der Waals surface area contributed by atoms with E-state index in [1.165, 1.54) is 11.8 Å². The maximum Gasteiger partial charge on any atom is 0.252 e. The lowest BCUT2D eigenvalue weighted by molar-refractivity contribution is -0.127. The van der Waals surface area contributed by atoms with Gasteiger partial charge in [-0.25, -0.2) is 0 Å². The van der Waals surface area contributed by atoms with E-state index in [-0.39, 0.29) is 30.3 Å². The Kier molecular flexibility index (Phi) is 8.25. The normalized spacial score (nSPS) is 22.6. The van der Waals surface area contributed by atoms with Crippen LogP contribution in [0, 0.1) is 0 Å². The Bertz CT molecular complexity index is 623. The van der Waals surface area contributed by atoms with Gasteiger partial charge in [-0.05, 0) is 51.3 Å². The summed E-state index contributed by atoms with van der Waals surface area (Å²) in [5.41, 5.74) is 0.674. The van der Waals surface area contributed by atoms with Gasteiger partial charge in [0.25, 0.3) is 5.91 Å². The number of rotatable bonds is 5. The molecule has 26 heavy (non-hydrogen) atoms. The molecule has 2 aliphatic rings. The lowest BCUT2D eigenvalue weighted by atomic mass is 10.0. The standard InChI is InChI=1S/C19H27N3O2S.ClH/c1-14-12-15(8-9-20-14)21-19(24)16-6-2-3-7-17(16)25-13-18(23)22-10-4-5-11-22;/h2-3,6-7,14-15,20H,4-5,8-13H2,1H3,(H,21,24);1H. The molecule has 0 spiro atoms. The number of nitrogens with zero attached hydrogens (tertiary/aromatic N) is 1. The molecule has 1 aromatic carbocycles. The van der Waals surface area contributed by atoms with Crippen molar-refractivity contribution in [2.45, 2.75) is 49.6 Å². The van der Waals surface area contributed by atoms with Crippen molar-refractivity contribution >= 4 is 36.0 Å². The smallest absolute Gasteiger partial charge is 0.252 e. The van der Waals surface area contributed by atoms with Crippen LogP contribution in [0.1, 0.15) is 43.0 Å². The highest BCUT2D eigenvalue weighted by Crippen LogP contribution is 2.24. The molecule has 144 valence electrons. The number of amides is 2. The first kappa shape index (κ1) is 21.1. The fraction of sp³-hybridized carbons (Fsp3) is 0.579. The monoisotopic (exact) mass is 397 g/mol. The van der Waals surface area contributed by atoms with Gasteiger partial charge < -0.3 is 15.5 Å². The Labute approximate surface area is 166 Å². The first-order valence-corrected chi connectivity index (χ1v) is 10.2. The summed E-state index contributed by atoms with van der Waals surface area (Å²) in [7, 11) is 0. The summed E-state index contributed by atoms with van der Waals surface area (Å²) in [4.78, 5) is 27.8. The first-order valence-electron chi connectivity index (χ1n) is 9.17. The average molecular weight is 398 g/mol. The number of hydrogen-bond donors (Lipinski definition) is 2. The zero-order valence-electron chi connectivity index (χ0n) is 15.2. The SMILES string of the molecule is CC1CC(NC(=O)c2ccccc2SCC(=O)N2CCCC2)CCN1.Cl. The van der Waals surface area contributed by atoms with Crippen molar-refractivity contribution in [3.8, 4) is 0 Å². The molecular weight excluding hydrogens is 370 g/mol. The van der Waals surface area contributed by atoms with Gasteiger partial charge in [-0.1, -0.05) is 12.1 Å². The molecule has 0 radical (unpaired) electrons. The van der Waals surface area contributed by atoms with Gasteiger partial charge in [0.1, 0.15) is 0 Å². The minimum atomic E-state index is -0.0316. The number of carbonyl (C=O) groups is 2. The van der Waals surface area contributed by atoms with Gasteiger partial charge in [0.05, 0.1) is 11.3 Å². The third-order valence-corrected chi connectivity index (χ3v) is 5.96. The largest absolute Gasteiger partial charge is 0.349 e. The number of likely N-dealkylation sites (tertiary alicyclic amines) is 1. The Balaban J connectivity index is 0.00000243. The van der Waals surface area contributed by atoms with Crippen LogP contribution in [0.25, 0.3) is 0 Å². The minimum Gasteiger partial charge on any atom is -0.349 e. The summed E-state index contributed by atoms with van der Waals surface area (Å²) >= 11 is 1.47. The molecule has 0 bridgehead atoms. The van der Waals surface area contributed by atoms with Crippen LogP contribution in [0.4, 0.5) is 0 Å². The number of hydrogen-bond acceptors (Lipinski definition) is 4. The van der Waals surface area contributed by atoms with Crippen LogP contribution in [0.5, 0.6) is 0 Å². The topological polar surface area (TPSA) is 61.4 Å². The zero-order valence-corrected chi connectivity index (χ0v) is 16.8. The van der Waals surface area contributed by atoms with Crippen molar-refractivity contribution < 1.29 is 9.59 Å². The molecule has 0 saturated carbocycles. The fourth-order valence-corrected chi connectivity index (χ4v) is 4.46. The molecule has 2 saturated heterocycles. The van der Waals surface area contributed by atoms with Crippen molar-refractivity contribution in [1.82, 2.24) is 15.5 Å². The third kappa shape index (κ3) is 5.63. The molecule has 5 nitrogen and oxygen atoms in total. The Morgan fingerprint density at radius 3 is 2.73 bits per heavy atom. The van der Waals surface area contributed by atoms with Crippen LogP contribution in [-0.2, 0) is 4.79 Å². The quantitative estimate of drug-likeness (QED) is 0.750. The highest BCUT2D eigenvalue weighted by atomic mass is 35.5. The molecule has 2 unspecified atom stereocenters. The predicted molar refractivity (Wildman–Crippen MR) is 108 cm³/mol. The van der Waals surface area contributed by atoms with Gasteiger partial charge in [-0.3, -0.25) is 9.59 Å². The maximum absolute atomic E-state index is 12.7. The number of piperidine rings is 1. The van der Waals surface area contributed by atoms with Crippen molar-refractivity contribution in [2.24, 2.45) is 0 Å². The van der Waals surface area contributed by atoms with Crippen molar-refractivity contribution in [2.75, 3.05) is 25.4 Å². The molecule has 2 atom stereocenters. The highest BCUT2D eigenvalue weighted by Gasteiger charge is 2.22. The van der Waals surface area contributed by atoms with Gasteiger partial charge in [-0.15, -0.1) is 24.2 Å². The summed E-state index contributed by atoms with van der Waals surface area (Å²) in [5.74, 6) is 0.537. The molecular formula is C19H28ClN3O2S. The zero-order chi connectivity index (χ0) is 17.6. The number of thioether (sulfide) groups is 1. The van der Waals surface area contributed by atoms with Gasteiger partial charge in [-0.2, -0.15) is 0 Å². The predicted octanol–water partition coefficient (Wildman–Crippen LogP) is 2.69. The summed E-state index contributed by atoms with van der Waals surface area (Å²) < 4.78 is 0. The lowest BCUT2D eigenvalue weighted by Crippen LogP contribution is -2.46. The second-order valence-corrected chi connectivity index (χ2v) is 7.94. The highest BCUT2D eigenvalue weighted by molar-refractivity contribution is 8.00. The van der Waals surface area contributed by atoms with Crippen molar-refractivity contribution in [3.63, 3.8) is 0 Å². The van der Waals surface area contributed by atoms with Gasteiger partial charge >= 0.3 is 0 Å². The molecule has 2 amide bonds. The Morgan fingerprint density at radius 2 is 2.00 bits per heavy atom. The Hall–Kier alpha value is -1.24. The van der Waals surface area contributed by atoms with E-state index in [0.717, 1.165) is 50.2 Å². The second-order valence-electron chi connectivity index (χ2n) is 6.92. The van der Waals surface area contributed by atoms with Crippen molar-refractivity contribution in [1.29, 1.82) is 0 Å². The second kappa shape index (κ2) is 10.2. The van der Waals surface area contributed by atoms with E-state index < -0.39 is 0 Å².